The standard InChI is InChI=1S/C29H34F3N3O2/c1-3-19-13-34(14-19)8-9-37-20-11-23(30)26(24(31)12-20)28-27-22(21-6-4-5-7-25(21)33-27)10-18(2)35(28)15-29(32)16-36-17-29/h4-7,11-12,18-19,28,33H,3,8-10,13-17H2,1-2H3/t18-,28-/m1/s1. The van der Waals surface area contributed by atoms with Crippen LogP contribution in [0.15, 0.2) is 36.4 Å². The van der Waals surface area contributed by atoms with E-state index in [1.54, 1.807) is 0 Å². The van der Waals surface area contributed by atoms with Gasteiger partial charge < -0.3 is 14.5 Å². The van der Waals surface area contributed by atoms with Gasteiger partial charge >= 0.3 is 0 Å². The molecule has 2 fully saturated rings. The zero-order chi connectivity index (χ0) is 25.7. The number of nitrogens with zero attached hydrogens (tertiary/aromatic N) is 2. The van der Waals surface area contributed by atoms with Crippen molar-refractivity contribution in [2.24, 2.45) is 5.92 Å². The molecule has 1 N–H and O–H groups in total. The number of rotatable bonds is 8. The first-order chi connectivity index (χ1) is 17.8. The smallest absolute Gasteiger partial charge is 0.169 e. The molecular weight excluding hydrogens is 479 g/mol. The molecule has 3 aliphatic heterocycles. The Balaban J connectivity index is 1.32. The second-order valence-electron chi connectivity index (χ2n) is 11.0. The number of aromatic amines is 1. The molecule has 0 spiro atoms. The van der Waals surface area contributed by atoms with Crippen LogP contribution < -0.4 is 4.74 Å². The molecule has 4 heterocycles. The van der Waals surface area contributed by atoms with E-state index in [2.05, 4.69) is 16.8 Å². The lowest BCUT2D eigenvalue weighted by molar-refractivity contribution is -0.148. The third-order valence-electron chi connectivity index (χ3n) is 8.32. The van der Waals surface area contributed by atoms with Crippen molar-refractivity contribution < 1.29 is 22.6 Å². The summed E-state index contributed by atoms with van der Waals surface area (Å²) in [7, 11) is 0. The Bertz CT molecular complexity index is 1260. The van der Waals surface area contributed by atoms with Gasteiger partial charge in [-0.3, -0.25) is 9.80 Å². The van der Waals surface area contributed by atoms with Crippen molar-refractivity contribution in [3.8, 4) is 5.75 Å². The number of para-hydroxylation sites is 1. The number of aromatic nitrogens is 1. The van der Waals surface area contributed by atoms with Crippen LogP contribution in [-0.2, 0) is 11.2 Å². The second kappa shape index (κ2) is 9.64. The van der Waals surface area contributed by atoms with Gasteiger partial charge in [0.25, 0.3) is 0 Å². The molecule has 2 aromatic carbocycles. The number of halogens is 3. The summed E-state index contributed by atoms with van der Waals surface area (Å²) < 4.78 is 57.7. The normalized spacial score (nSPS) is 24.0. The number of fused-ring (bicyclic) bond motifs is 3. The Morgan fingerprint density at radius 2 is 1.86 bits per heavy atom. The van der Waals surface area contributed by atoms with E-state index in [1.807, 2.05) is 36.1 Å². The summed E-state index contributed by atoms with van der Waals surface area (Å²) in [5.41, 5.74) is 1.05. The Kier molecular flexibility index (Phi) is 6.45. The highest BCUT2D eigenvalue weighted by Crippen LogP contribution is 2.44. The van der Waals surface area contributed by atoms with E-state index in [1.165, 1.54) is 18.6 Å². The SMILES string of the molecule is CCC1CN(CCOc2cc(F)c([C@@H]3c4[nH]c5ccccc5c4C[C@@H](C)N3CC3(F)COC3)c(F)c2)C1. The van der Waals surface area contributed by atoms with Crippen molar-refractivity contribution in [1.29, 1.82) is 0 Å². The molecule has 0 bridgehead atoms. The van der Waals surface area contributed by atoms with Crippen molar-refractivity contribution >= 4 is 10.9 Å². The van der Waals surface area contributed by atoms with Crippen LogP contribution in [0.5, 0.6) is 5.75 Å². The number of benzene rings is 2. The molecule has 8 heteroatoms. The number of likely N-dealkylation sites (tertiary alicyclic amines) is 1. The number of H-pyrrole nitrogens is 1. The Morgan fingerprint density at radius 1 is 1.14 bits per heavy atom. The van der Waals surface area contributed by atoms with Crippen LogP contribution in [0.3, 0.4) is 0 Å². The summed E-state index contributed by atoms with van der Waals surface area (Å²) in [6, 6.07) is 9.48. The van der Waals surface area contributed by atoms with Gasteiger partial charge in [0.2, 0.25) is 0 Å². The van der Waals surface area contributed by atoms with Crippen molar-refractivity contribution in [1.82, 2.24) is 14.8 Å². The fourth-order valence-corrected chi connectivity index (χ4v) is 6.12. The van der Waals surface area contributed by atoms with Crippen LogP contribution in [0.4, 0.5) is 13.2 Å². The molecule has 3 aliphatic rings. The van der Waals surface area contributed by atoms with Crippen LogP contribution in [0.1, 0.15) is 43.1 Å². The minimum Gasteiger partial charge on any atom is -0.492 e. The van der Waals surface area contributed by atoms with E-state index in [0.717, 1.165) is 47.7 Å². The maximum Gasteiger partial charge on any atom is 0.169 e. The number of alkyl halides is 1. The Morgan fingerprint density at radius 3 is 2.54 bits per heavy atom. The third kappa shape index (κ3) is 4.53. The maximum absolute atomic E-state index is 15.7. The van der Waals surface area contributed by atoms with Gasteiger partial charge in [-0.2, -0.15) is 0 Å². The maximum atomic E-state index is 15.7. The topological polar surface area (TPSA) is 40.7 Å². The third-order valence-corrected chi connectivity index (χ3v) is 8.32. The first-order valence-corrected chi connectivity index (χ1v) is 13.3. The van der Waals surface area contributed by atoms with Gasteiger partial charge in [-0.15, -0.1) is 0 Å². The zero-order valence-electron chi connectivity index (χ0n) is 21.4. The van der Waals surface area contributed by atoms with Gasteiger partial charge in [-0.05, 0) is 30.9 Å². The molecule has 37 heavy (non-hydrogen) atoms. The molecule has 2 atom stereocenters. The molecule has 3 aromatic rings. The van der Waals surface area contributed by atoms with E-state index in [0.29, 0.717) is 13.0 Å². The minimum absolute atomic E-state index is 0.00371. The van der Waals surface area contributed by atoms with E-state index in [-0.39, 0.29) is 37.1 Å². The van der Waals surface area contributed by atoms with E-state index in [9.17, 15) is 0 Å². The molecule has 198 valence electrons. The molecule has 1 aromatic heterocycles. The second-order valence-corrected chi connectivity index (χ2v) is 11.0. The number of hydrogen-bond donors (Lipinski definition) is 1. The lowest BCUT2D eigenvalue weighted by Gasteiger charge is -2.46. The van der Waals surface area contributed by atoms with Gasteiger partial charge in [0, 0.05) is 66.5 Å². The summed E-state index contributed by atoms with van der Waals surface area (Å²) in [5, 5.41) is 1.04. The summed E-state index contributed by atoms with van der Waals surface area (Å²) >= 11 is 0. The fourth-order valence-electron chi connectivity index (χ4n) is 6.12. The molecule has 0 amide bonds. The molecular formula is C29H34F3N3O2. The van der Waals surface area contributed by atoms with Crippen LogP contribution in [0.25, 0.3) is 10.9 Å². The van der Waals surface area contributed by atoms with Gasteiger partial charge in [-0.1, -0.05) is 31.5 Å². The van der Waals surface area contributed by atoms with Gasteiger partial charge in [0.1, 0.15) is 24.0 Å². The molecule has 0 saturated carbocycles. The zero-order valence-corrected chi connectivity index (χ0v) is 21.4. The Labute approximate surface area is 215 Å². The van der Waals surface area contributed by atoms with Crippen molar-refractivity contribution in [2.45, 2.75) is 44.4 Å². The van der Waals surface area contributed by atoms with Gasteiger partial charge in [0.15, 0.2) is 5.67 Å². The highest BCUT2D eigenvalue weighted by molar-refractivity contribution is 5.85. The first kappa shape index (κ1) is 24.8. The molecule has 0 unspecified atom stereocenters. The highest BCUT2D eigenvalue weighted by atomic mass is 19.1. The summed E-state index contributed by atoms with van der Waals surface area (Å²) in [6.45, 7) is 7.41. The van der Waals surface area contributed by atoms with Crippen LogP contribution in [-0.4, -0.2) is 72.5 Å². The molecule has 5 nitrogen and oxygen atoms in total. The molecule has 6 rings (SSSR count). The van der Waals surface area contributed by atoms with Crippen molar-refractivity contribution in [2.75, 3.05) is 46.0 Å². The van der Waals surface area contributed by atoms with E-state index in [4.69, 9.17) is 9.47 Å². The van der Waals surface area contributed by atoms with E-state index < -0.39 is 23.3 Å². The molecule has 0 aliphatic carbocycles. The van der Waals surface area contributed by atoms with Crippen molar-refractivity contribution in [3.05, 3.63) is 64.9 Å². The van der Waals surface area contributed by atoms with Gasteiger partial charge in [0.05, 0.1) is 19.3 Å². The first-order valence-electron chi connectivity index (χ1n) is 13.3. The summed E-state index contributed by atoms with van der Waals surface area (Å²) in [4.78, 5) is 7.58. The minimum atomic E-state index is -1.53. The quantitative estimate of drug-likeness (QED) is 0.447. The average Bonchev–Trinajstić information content (AvgIpc) is 3.19. The molecule has 0 radical (unpaired) electrons. The lowest BCUT2D eigenvalue weighted by atomic mass is 9.86. The fraction of sp³-hybridized carbons (Fsp3) is 0.517. The van der Waals surface area contributed by atoms with Crippen LogP contribution in [0, 0.1) is 17.6 Å². The number of hydrogen-bond acceptors (Lipinski definition) is 4. The predicted octanol–water partition coefficient (Wildman–Crippen LogP) is 5.24. The van der Waals surface area contributed by atoms with Crippen molar-refractivity contribution in [3.63, 3.8) is 0 Å². The monoisotopic (exact) mass is 513 g/mol. The van der Waals surface area contributed by atoms with Gasteiger partial charge in [-0.25, -0.2) is 13.2 Å². The predicted molar refractivity (Wildman–Crippen MR) is 137 cm³/mol. The largest absolute Gasteiger partial charge is 0.492 e. The lowest BCUT2D eigenvalue weighted by Crippen LogP contribution is -2.57. The highest BCUT2D eigenvalue weighted by Gasteiger charge is 2.46. The van der Waals surface area contributed by atoms with E-state index >= 15 is 13.2 Å². The van der Waals surface area contributed by atoms with Crippen LogP contribution >= 0.6 is 0 Å². The summed E-state index contributed by atoms with van der Waals surface area (Å²) in [5.74, 6) is -0.458. The number of ether oxygens (including phenoxy) is 2. The van der Waals surface area contributed by atoms with Crippen LogP contribution in [0.2, 0.25) is 0 Å². The molecule has 2 saturated heterocycles. The number of nitrogens with one attached hydrogen (secondary N) is 1. The average molecular weight is 514 g/mol. The summed E-state index contributed by atoms with van der Waals surface area (Å²) in [6.07, 6.45) is 1.83. The Hall–Kier alpha value is -2.55.